The van der Waals surface area contributed by atoms with Crippen molar-refractivity contribution in [3.8, 4) is 0 Å². The molecule has 0 rings (SSSR count). The van der Waals surface area contributed by atoms with Crippen LogP contribution in [0.4, 0.5) is 0 Å². The van der Waals surface area contributed by atoms with Crippen LogP contribution in [0, 0.1) is 5.41 Å². The number of hydrogen-bond acceptors (Lipinski definition) is 4. The normalized spacial score (nSPS) is 11.6. The molecule has 0 spiro atoms. The lowest BCUT2D eigenvalue weighted by molar-refractivity contribution is -0.272. The number of unbranched alkanes of at least 4 members (excludes halogenated alkanes) is 3. The molecule has 4 nitrogen and oxygen atoms in total. The van der Waals surface area contributed by atoms with E-state index < -0.39 is 0 Å². The molecule has 0 aliphatic carbocycles. The molecule has 0 aliphatic rings. The first-order valence-electron chi connectivity index (χ1n) is 6.89. The van der Waals surface area contributed by atoms with E-state index in [1.165, 1.54) is 6.42 Å². The van der Waals surface area contributed by atoms with Gasteiger partial charge in [0.25, 0.3) is 0 Å². The zero-order valence-corrected chi connectivity index (χ0v) is 12.0. The lowest BCUT2D eigenvalue weighted by atomic mass is 9.89. The Bertz CT molecular complexity index is 208. The molecule has 1 N–H and O–H groups in total. The van der Waals surface area contributed by atoms with Gasteiger partial charge >= 0.3 is 5.97 Å². The van der Waals surface area contributed by atoms with Gasteiger partial charge < -0.3 is 5.11 Å². The minimum atomic E-state index is -0.297. The van der Waals surface area contributed by atoms with E-state index in [4.69, 9.17) is 9.99 Å². The van der Waals surface area contributed by atoms with Gasteiger partial charge in [0, 0.05) is 13.0 Å². The first-order chi connectivity index (χ1) is 8.45. The van der Waals surface area contributed by atoms with E-state index in [1.807, 2.05) is 0 Å². The Morgan fingerprint density at radius 3 is 2.39 bits per heavy atom. The Labute approximate surface area is 111 Å². The molecule has 0 aromatic heterocycles. The standard InChI is InChI=1S/C14H28O4/c1-14(2,3)10-6-4-5-9-13(16)18-17-12-8-7-11-15/h15H,4-12H2,1-3H3. The average Bonchev–Trinajstić information content (AvgIpc) is 2.27. The van der Waals surface area contributed by atoms with Crippen molar-refractivity contribution >= 4 is 5.97 Å². The monoisotopic (exact) mass is 260 g/mol. The Morgan fingerprint density at radius 1 is 1.06 bits per heavy atom. The number of aliphatic hydroxyl groups is 1. The number of hydrogen-bond donors (Lipinski definition) is 1. The number of rotatable bonds is 10. The van der Waals surface area contributed by atoms with Crippen LogP contribution in [0.5, 0.6) is 0 Å². The van der Waals surface area contributed by atoms with Crippen LogP contribution in [-0.2, 0) is 14.6 Å². The molecule has 0 saturated heterocycles. The Balaban J connectivity index is 3.27. The van der Waals surface area contributed by atoms with Crippen LogP contribution in [0.3, 0.4) is 0 Å². The van der Waals surface area contributed by atoms with Gasteiger partial charge in [0.1, 0.15) is 0 Å². The Hall–Kier alpha value is -0.610. The van der Waals surface area contributed by atoms with Crippen LogP contribution >= 0.6 is 0 Å². The lowest BCUT2D eigenvalue weighted by Gasteiger charge is -2.17. The fraction of sp³-hybridized carbons (Fsp3) is 0.929. The number of aliphatic hydroxyl groups excluding tert-OH is 1. The molecule has 0 amide bonds. The van der Waals surface area contributed by atoms with Gasteiger partial charge in [0.15, 0.2) is 0 Å². The minimum Gasteiger partial charge on any atom is -0.396 e. The molecule has 108 valence electrons. The van der Waals surface area contributed by atoms with Crippen molar-refractivity contribution in [2.45, 2.75) is 65.7 Å². The predicted molar refractivity (Wildman–Crippen MR) is 70.9 cm³/mol. The summed E-state index contributed by atoms with van der Waals surface area (Å²) in [6, 6.07) is 0. The largest absolute Gasteiger partial charge is 0.396 e. The van der Waals surface area contributed by atoms with Crippen LogP contribution in [0.25, 0.3) is 0 Å². The van der Waals surface area contributed by atoms with E-state index in [1.54, 1.807) is 0 Å². The zero-order valence-electron chi connectivity index (χ0n) is 12.0. The van der Waals surface area contributed by atoms with Crippen LogP contribution in [0.1, 0.15) is 65.7 Å². The van der Waals surface area contributed by atoms with Gasteiger partial charge in [-0.15, -0.1) is 0 Å². The van der Waals surface area contributed by atoms with Gasteiger partial charge in [-0.1, -0.05) is 33.6 Å². The maximum absolute atomic E-state index is 11.2. The molecule has 0 heterocycles. The molecule has 0 saturated carbocycles. The van der Waals surface area contributed by atoms with E-state index in [-0.39, 0.29) is 12.6 Å². The molecule has 0 aromatic rings. The van der Waals surface area contributed by atoms with E-state index in [2.05, 4.69) is 25.7 Å². The van der Waals surface area contributed by atoms with Crippen molar-refractivity contribution in [2.75, 3.05) is 13.2 Å². The summed E-state index contributed by atoms with van der Waals surface area (Å²) in [6.07, 6.45) is 6.03. The maximum Gasteiger partial charge on any atom is 0.342 e. The predicted octanol–water partition coefficient (Wildman–Crippen LogP) is 3.23. The summed E-state index contributed by atoms with van der Waals surface area (Å²) in [6.45, 7) is 7.17. The summed E-state index contributed by atoms with van der Waals surface area (Å²) in [5.41, 5.74) is 0.371. The van der Waals surface area contributed by atoms with Crippen molar-refractivity contribution in [3.05, 3.63) is 0 Å². The summed E-state index contributed by atoms with van der Waals surface area (Å²) >= 11 is 0. The molecule has 0 unspecified atom stereocenters. The quantitative estimate of drug-likeness (QED) is 0.372. The van der Waals surface area contributed by atoms with Gasteiger partial charge in [0.05, 0.1) is 6.61 Å². The van der Waals surface area contributed by atoms with Crippen LogP contribution < -0.4 is 0 Å². The highest BCUT2D eigenvalue weighted by atomic mass is 17.2. The first-order valence-corrected chi connectivity index (χ1v) is 6.89. The Morgan fingerprint density at radius 2 is 1.78 bits per heavy atom. The molecule has 0 bridgehead atoms. The van der Waals surface area contributed by atoms with Crippen LogP contribution in [0.2, 0.25) is 0 Å². The van der Waals surface area contributed by atoms with Gasteiger partial charge in [-0.3, -0.25) is 4.89 Å². The second-order valence-corrected chi connectivity index (χ2v) is 5.83. The second-order valence-electron chi connectivity index (χ2n) is 5.83. The highest BCUT2D eigenvalue weighted by Crippen LogP contribution is 2.22. The van der Waals surface area contributed by atoms with E-state index >= 15 is 0 Å². The van der Waals surface area contributed by atoms with E-state index in [9.17, 15) is 4.79 Å². The van der Waals surface area contributed by atoms with Crippen molar-refractivity contribution in [1.29, 1.82) is 0 Å². The van der Waals surface area contributed by atoms with Crippen molar-refractivity contribution < 1.29 is 19.7 Å². The molecule has 0 fully saturated rings. The van der Waals surface area contributed by atoms with Gasteiger partial charge in [-0.25, -0.2) is 4.79 Å². The number of carbonyl (C=O) groups is 1. The smallest absolute Gasteiger partial charge is 0.342 e. The molecular formula is C14H28O4. The van der Waals surface area contributed by atoms with E-state index in [0.717, 1.165) is 19.3 Å². The summed E-state index contributed by atoms with van der Waals surface area (Å²) in [7, 11) is 0. The summed E-state index contributed by atoms with van der Waals surface area (Å²) < 4.78 is 0. The molecule has 0 aliphatic heterocycles. The molecular weight excluding hydrogens is 232 g/mol. The van der Waals surface area contributed by atoms with Crippen molar-refractivity contribution in [2.24, 2.45) is 5.41 Å². The summed E-state index contributed by atoms with van der Waals surface area (Å²) in [5.74, 6) is -0.297. The SMILES string of the molecule is CC(C)(C)CCCCCC(=O)OOCCCCO. The van der Waals surface area contributed by atoms with Gasteiger partial charge in [-0.2, -0.15) is 4.89 Å². The fourth-order valence-electron chi connectivity index (χ4n) is 1.52. The molecule has 0 radical (unpaired) electrons. The molecule has 4 heteroatoms. The third-order valence-electron chi connectivity index (χ3n) is 2.60. The van der Waals surface area contributed by atoms with Gasteiger partial charge in [0.2, 0.25) is 0 Å². The molecule has 0 aromatic carbocycles. The minimum absolute atomic E-state index is 0.144. The maximum atomic E-state index is 11.2. The highest BCUT2D eigenvalue weighted by molar-refractivity contribution is 5.68. The van der Waals surface area contributed by atoms with Crippen molar-refractivity contribution in [1.82, 2.24) is 0 Å². The third kappa shape index (κ3) is 13.5. The topological polar surface area (TPSA) is 55.8 Å². The van der Waals surface area contributed by atoms with Gasteiger partial charge in [-0.05, 0) is 31.1 Å². The molecule has 0 atom stereocenters. The van der Waals surface area contributed by atoms with Crippen LogP contribution in [-0.4, -0.2) is 24.3 Å². The van der Waals surface area contributed by atoms with Crippen molar-refractivity contribution in [3.63, 3.8) is 0 Å². The highest BCUT2D eigenvalue weighted by Gasteiger charge is 2.09. The van der Waals surface area contributed by atoms with Crippen LogP contribution in [0.15, 0.2) is 0 Å². The summed E-state index contributed by atoms with van der Waals surface area (Å²) in [5, 5.41) is 8.54. The fourth-order valence-corrected chi connectivity index (χ4v) is 1.52. The average molecular weight is 260 g/mol. The number of carbonyl (C=O) groups excluding carboxylic acids is 1. The Kier molecular flexibility index (Phi) is 9.98. The van der Waals surface area contributed by atoms with E-state index in [0.29, 0.717) is 31.3 Å². The molecule has 18 heavy (non-hydrogen) atoms. The first kappa shape index (κ1) is 17.4. The lowest BCUT2D eigenvalue weighted by Crippen LogP contribution is -2.07. The zero-order chi connectivity index (χ0) is 13.9. The second kappa shape index (κ2) is 10.3. The third-order valence-corrected chi connectivity index (χ3v) is 2.60. The summed E-state index contributed by atoms with van der Waals surface area (Å²) in [4.78, 5) is 20.6.